The molecule has 0 atom stereocenters. The molecule has 0 aliphatic rings. The fourth-order valence-electron chi connectivity index (χ4n) is 2.94. The zero-order valence-corrected chi connectivity index (χ0v) is 18.7. The van der Waals surface area contributed by atoms with Crippen LogP contribution in [0.4, 0.5) is 5.95 Å². The molecule has 0 radical (unpaired) electrons. The van der Waals surface area contributed by atoms with Crippen LogP contribution in [0, 0.1) is 13.8 Å². The fraction of sp³-hybridized carbons (Fsp3) is 0.261. The van der Waals surface area contributed by atoms with Crippen molar-refractivity contribution >= 4 is 17.9 Å². The monoisotopic (exact) mass is 441 g/mol. The summed E-state index contributed by atoms with van der Waals surface area (Å²) in [4.78, 5) is 22.7. The van der Waals surface area contributed by atoms with Crippen molar-refractivity contribution < 1.29 is 29.3 Å². The van der Waals surface area contributed by atoms with Crippen LogP contribution in [0.15, 0.2) is 42.6 Å². The third-order valence-corrected chi connectivity index (χ3v) is 4.90. The third-order valence-electron chi connectivity index (χ3n) is 4.90. The van der Waals surface area contributed by atoms with Crippen molar-refractivity contribution in [2.45, 2.75) is 20.4 Å². The topological polar surface area (TPSA) is 123 Å². The Hall–Kier alpha value is -4.01. The Bertz CT molecular complexity index is 1100. The van der Waals surface area contributed by atoms with Crippen molar-refractivity contribution in [3.8, 4) is 22.8 Å². The van der Waals surface area contributed by atoms with Gasteiger partial charge in [-0.15, -0.1) is 0 Å². The van der Waals surface area contributed by atoms with Gasteiger partial charge in [-0.2, -0.15) is 0 Å². The summed E-state index contributed by atoms with van der Waals surface area (Å²) in [6, 6.07) is 12.2. The average molecular weight is 441 g/mol. The summed E-state index contributed by atoms with van der Waals surface area (Å²) in [6.45, 7) is 4.85. The van der Waals surface area contributed by atoms with Crippen LogP contribution in [-0.2, 0) is 23.2 Å². The molecule has 3 N–H and O–H groups in total. The molecule has 2 aromatic carbocycles. The van der Waals surface area contributed by atoms with E-state index < -0.39 is 11.9 Å². The van der Waals surface area contributed by atoms with Crippen LogP contribution in [0.2, 0.25) is 0 Å². The molecule has 0 aliphatic heterocycles. The molecule has 170 valence electrons. The highest BCUT2D eigenvalue weighted by molar-refractivity contribution is 6.27. The molecule has 0 amide bonds. The molecule has 3 aromatic rings. The normalized spacial score (nSPS) is 10.0. The predicted octanol–water partition coefficient (Wildman–Crippen LogP) is 3.49. The van der Waals surface area contributed by atoms with Crippen LogP contribution in [0.3, 0.4) is 0 Å². The summed E-state index contributed by atoms with van der Waals surface area (Å²) >= 11 is 0. The summed E-state index contributed by atoms with van der Waals surface area (Å²) in [7, 11) is 5.35. The van der Waals surface area contributed by atoms with Crippen molar-refractivity contribution in [1.82, 2.24) is 9.55 Å². The molecule has 0 bridgehead atoms. The van der Waals surface area contributed by atoms with Gasteiger partial charge in [-0.1, -0.05) is 12.1 Å². The number of aromatic nitrogens is 2. The van der Waals surface area contributed by atoms with Crippen LogP contribution in [0.1, 0.15) is 16.7 Å². The number of imidazole rings is 1. The van der Waals surface area contributed by atoms with Crippen LogP contribution >= 0.6 is 0 Å². The number of aliphatic carboxylic acids is 2. The van der Waals surface area contributed by atoms with Crippen LogP contribution in [-0.4, -0.2) is 45.9 Å². The number of aryl methyl sites for hydroxylation is 2. The summed E-state index contributed by atoms with van der Waals surface area (Å²) < 4.78 is 12.8. The van der Waals surface area contributed by atoms with E-state index in [1.807, 2.05) is 31.4 Å². The quantitative estimate of drug-likeness (QED) is 0.497. The SMILES string of the molecule is COc1ccc(OC)c(CNc2ncc(-c3ccc(C)c(C)c3)n2C)c1.O=C(O)C(=O)O. The zero-order chi connectivity index (χ0) is 23.8. The van der Waals surface area contributed by atoms with E-state index in [2.05, 4.69) is 46.9 Å². The third kappa shape index (κ3) is 6.00. The average Bonchev–Trinajstić information content (AvgIpc) is 3.14. The summed E-state index contributed by atoms with van der Waals surface area (Å²) in [5, 5.41) is 18.2. The van der Waals surface area contributed by atoms with E-state index in [-0.39, 0.29) is 0 Å². The Morgan fingerprint density at radius 2 is 1.69 bits per heavy atom. The first-order valence-corrected chi connectivity index (χ1v) is 9.68. The molecule has 0 spiro atoms. The van der Waals surface area contributed by atoms with Crippen molar-refractivity contribution in [2.24, 2.45) is 7.05 Å². The van der Waals surface area contributed by atoms with E-state index in [1.165, 1.54) is 11.1 Å². The van der Waals surface area contributed by atoms with E-state index >= 15 is 0 Å². The first-order chi connectivity index (χ1) is 15.2. The molecular weight excluding hydrogens is 414 g/mol. The number of hydrogen-bond donors (Lipinski definition) is 3. The number of rotatable bonds is 6. The zero-order valence-electron chi connectivity index (χ0n) is 18.7. The van der Waals surface area contributed by atoms with E-state index in [1.54, 1.807) is 14.2 Å². The van der Waals surface area contributed by atoms with Gasteiger partial charge in [-0.05, 0) is 49.2 Å². The molecule has 32 heavy (non-hydrogen) atoms. The number of carboxylic acids is 2. The second-order valence-corrected chi connectivity index (χ2v) is 6.97. The molecule has 0 saturated heterocycles. The standard InChI is InChI=1S/C21H25N3O2.C2H2O4/c1-14-6-7-16(10-15(14)2)19-13-23-21(24(19)3)22-12-17-11-18(25-4)8-9-20(17)26-5;3-1(4)2(5)6/h6-11,13H,12H2,1-5H3,(H,22,23);(H,3,4)(H,5,6). The second kappa shape index (κ2) is 10.9. The highest BCUT2D eigenvalue weighted by atomic mass is 16.5. The van der Waals surface area contributed by atoms with Gasteiger partial charge in [0.2, 0.25) is 5.95 Å². The molecule has 1 aromatic heterocycles. The molecule has 0 aliphatic carbocycles. The molecule has 1 heterocycles. The number of anilines is 1. The smallest absolute Gasteiger partial charge is 0.414 e. The first-order valence-electron chi connectivity index (χ1n) is 9.68. The predicted molar refractivity (Wildman–Crippen MR) is 120 cm³/mol. The lowest BCUT2D eigenvalue weighted by molar-refractivity contribution is -0.159. The van der Waals surface area contributed by atoms with Gasteiger partial charge in [-0.25, -0.2) is 14.6 Å². The summed E-state index contributed by atoms with van der Waals surface area (Å²) in [5.41, 5.74) is 5.82. The van der Waals surface area contributed by atoms with Crippen LogP contribution < -0.4 is 14.8 Å². The van der Waals surface area contributed by atoms with Gasteiger partial charge in [0, 0.05) is 24.7 Å². The number of hydrogen-bond acceptors (Lipinski definition) is 6. The van der Waals surface area contributed by atoms with Gasteiger partial charge >= 0.3 is 11.9 Å². The molecule has 0 saturated carbocycles. The maximum absolute atomic E-state index is 9.10. The molecule has 9 heteroatoms. The fourth-order valence-corrected chi connectivity index (χ4v) is 2.94. The highest BCUT2D eigenvalue weighted by Gasteiger charge is 2.11. The minimum atomic E-state index is -1.82. The van der Waals surface area contributed by atoms with E-state index in [0.717, 1.165) is 34.3 Å². The van der Waals surface area contributed by atoms with E-state index in [0.29, 0.717) is 6.54 Å². The molecular formula is C23H27N3O6. The van der Waals surface area contributed by atoms with Gasteiger partial charge in [0.15, 0.2) is 0 Å². The molecule has 3 rings (SSSR count). The Morgan fingerprint density at radius 1 is 1.00 bits per heavy atom. The van der Waals surface area contributed by atoms with E-state index in [9.17, 15) is 0 Å². The Morgan fingerprint density at radius 3 is 2.25 bits per heavy atom. The second-order valence-electron chi connectivity index (χ2n) is 6.97. The minimum Gasteiger partial charge on any atom is -0.497 e. The van der Waals surface area contributed by atoms with Gasteiger partial charge in [-0.3, -0.25) is 0 Å². The number of carboxylic acid groups (broad SMARTS) is 2. The number of nitrogens with one attached hydrogen (secondary N) is 1. The van der Waals surface area contributed by atoms with Gasteiger partial charge < -0.3 is 29.6 Å². The number of nitrogens with zero attached hydrogens (tertiary/aromatic N) is 2. The van der Waals surface area contributed by atoms with Gasteiger partial charge in [0.25, 0.3) is 0 Å². The first kappa shape index (κ1) is 24.3. The maximum atomic E-state index is 9.10. The Balaban J connectivity index is 0.000000534. The Labute approximate surface area is 186 Å². The number of carbonyl (C=O) groups is 2. The largest absolute Gasteiger partial charge is 0.497 e. The number of methoxy groups -OCH3 is 2. The van der Waals surface area contributed by atoms with Crippen LogP contribution in [0.25, 0.3) is 11.3 Å². The summed E-state index contributed by atoms with van der Waals surface area (Å²) in [6.07, 6.45) is 1.90. The Kier molecular flexibility index (Phi) is 8.23. The van der Waals surface area contributed by atoms with Gasteiger partial charge in [0.05, 0.1) is 26.1 Å². The van der Waals surface area contributed by atoms with Crippen molar-refractivity contribution in [3.63, 3.8) is 0 Å². The molecule has 0 unspecified atom stereocenters. The lowest BCUT2D eigenvalue weighted by Crippen LogP contribution is -2.09. The highest BCUT2D eigenvalue weighted by Crippen LogP contribution is 2.27. The maximum Gasteiger partial charge on any atom is 0.414 e. The molecule has 9 nitrogen and oxygen atoms in total. The number of benzene rings is 2. The van der Waals surface area contributed by atoms with Crippen LogP contribution in [0.5, 0.6) is 11.5 Å². The minimum absolute atomic E-state index is 0.595. The van der Waals surface area contributed by atoms with E-state index in [4.69, 9.17) is 29.3 Å². The lowest BCUT2D eigenvalue weighted by Gasteiger charge is -2.13. The van der Waals surface area contributed by atoms with Crippen molar-refractivity contribution in [3.05, 3.63) is 59.3 Å². The molecule has 0 fully saturated rings. The lowest BCUT2D eigenvalue weighted by atomic mass is 10.0. The van der Waals surface area contributed by atoms with Gasteiger partial charge in [0.1, 0.15) is 11.5 Å². The van der Waals surface area contributed by atoms with Crippen molar-refractivity contribution in [1.29, 1.82) is 0 Å². The van der Waals surface area contributed by atoms with Crippen molar-refractivity contribution in [2.75, 3.05) is 19.5 Å². The number of ether oxygens (including phenoxy) is 2. The summed E-state index contributed by atoms with van der Waals surface area (Å²) in [5.74, 6) is -1.21.